The molecule has 1 aromatic rings. The van der Waals surface area contributed by atoms with Crippen LogP contribution in [0.2, 0.25) is 0 Å². The summed E-state index contributed by atoms with van der Waals surface area (Å²) in [5.74, 6) is 1.16. The van der Waals surface area contributed by atoms with Gasteiger partial charge in [0, 0.05) is 37.4 Å². The van der Waals surface area contributed by atoms with Gasteiger partial charge in [-0.1, -0.05) is 13.0 Å². The molecule has 2 saturated carbocycles. The summed E-state index contributed by atoms with van der Waals surface area (Å²) in [6.45, 7) is 3.82. The van der Waals surface area contributed by atoms with Crippen molar-refractivity contribution in [1.82, 2.24) is 0 Å². The molecule has 1 N–H and O–H groups in total. The summed E-state index contributed by atoms with van der Waals surface area (Å²) in [5.41, 5.74) is 0.687. The Balaban J connectivity index is 1.60. The fraction of sp³-hybridized carbons (Fsp3) is 0.696. The highest BCUT2D eigenvalue weighted by molar-refractivity contribution is 5.90. The lowest BCUT2D eigenvalue weighted by Gasteiger charge is -2.68. The first kappa shape index (κ1) is 18.2. The number of quaternary nitrogens is 1. The number of carbonyl (C=O) groups is 1. The summed E-state index contributed by atoms with van der Waals surface area (Å²) in [6.07, 6.45) is 4.71. The molecule has 3 aliphatic carbocycles. The van der Waals surface area contributed by atoms with Crippen molar-refractivity contribution in [3.05, 3.63) is 28.5 Å². The summed E-state index contributed by atoms with van der Waals surface area (Å²) < 4.78 is 12.7. The van der Waals surface area contributed by atoms with E-state index in [1.165, 1.54) is 0 Å². The number of ketones is 1. The van der Waals surface area contributed by atoms with Crippen LogP contribution < -0.4 is 4.74 Å². The zero-order chi connectivity index (χ0) is 20.0. The highest BCUT2D eigenvalue weighted by atomic mass is 16.6. The third-order valence-electron chi connectivity index (χ3n) is 8.38. The average molecular weight is 399 g/mol. The quantitative estimate of drug-likeness (QED) is 0.608. The van der Waals surface area contributed by atoms with Crippen molar-refractivity contribution in [2.45, 2.75) is 75.0 Å². The molecule has 6 heteroatoms. The normalized spacial score (nSPS) is 41.8. The van der Waals surface area contributed by atoms with Crippen LogP contribution in [0.15, 0.2) is 12.1 Å². The van der Waals surface area contributed by atoms with Gasteiger partial charge in [0.15, 0.2) is 23.4 Å². The first-order valence-corrected chi connectivity index (χ1v) is 11.2. The summed E-state index contributed by atoms with van der Waals surface area (Å²) in [6, 6.07) is 3.37. The predicted molar refractivity (Wildman–Crippen MR) is 106 cm³/mol. The number of nitrogens with zero attached hydrogens (tertiary/aromatic N) is 1. The molecular formula is C23H29NO5. The van der Waals surface area contributed by atoms with Crippen LogP contribution in [-0.2, 0) is 21.4 Å². The first-order valence-electron chi connectivity index (χ1n) is 11.2. The van der Waals surface area contributed by atoms with Gasteiger partial charge < -0.3 is 24.4 Å². The van der Waals surface area contributed by atoms with Gasteiger partial charge in [0.05, 0.1) is 18.5 Å². The molecule has 3 fully saturated rings. The van der Waals surface area contributed by atoms with E-state index < -0.39 is 17.1 Å². The minimum Gasteiger partial charge on any atom is -0.632 e. The number of ether oxygens (including phenoxy) is 2. The van der Waals surface area contributed by atoms with Crippen molar-refractivity contribution in [3.8, 4) is 11.5 Å². The topological polar surface area (TPSA) is 78.8 Å². The van der Waals surface area contributed by atoms with E-state index in [1.807, 2.05) is 6.07 Å². The molecule has 156 valence electrons. The van der Waals surface area contributed by atoms with E-state index >= 15 is 0 Å². The van der Waals surface area contributed by atoms with Crippen LogP contribution in [0.4, 0.5) is 0 Å². The highest BCUT2D eigenvalue weighted by Crippen LogP contribution is 2.67. The lowest BCUT2D eigenvalue weighted by atomic mass is 9.48. The molecule has 2 unspecified atom stereocenters. The Morgan fingerprint density at radius 2 is 2.17 bits per heavy atom. The second-order valence-corrected chi connectivity index (χ2v) is 9.89. The SMILES string of the molecule is CCCO[C@@]12CCC(=O)C3Oc4c(O)ccc5c4[C@@]31CC[N+]([O-])(CC1CC1)[C@@H]2C5. The van der Waals surface area contributed by atoms with Gasteiger partial charge in [0.1, 0.15) is 11.6 Å². The van der Waals surface area contributed by atoms with Gasteiger partial charge in [-0.05, 0) is 37.3 Å². The number of aromatic hydroxyl groups is 1. The van der Waals surface area contributed by atoms with Gasteiger partial charge in [0.25, 0.3) is 0 Å². The largest absolute Gasteiger partial charge is 0.632 e. The fourth-order valence-electron chi connectivity index (χ4n) is 7.09. The second-order valence-electron chi connectivity index (χ2n) is 9.89. The fourth-order valence-corrected chi connectivity index (χ4v) is 7.09. The Bertz CT molecular complexity index is 897. The maximum atomic E-state index is 14.3. The number of hydrogen-bond acceptors (Lipinski definition) is 5. The van der Waals surface area contributed by atoms with Gasteiger partial charge in [-0.15, -0.1) is 0 Å². The van der Waals surface area contributed by atoms with Crippen molar-refractivity contribution < 1.29 is 24.0 Å². The standard InChI is InChI=1S/C23H29NO5/c1-2-11-28-23-8-7-17(26)21-22(23)9-10-24(27,13-14-3-4-14)18(23)12-15-5-6-16(25)20(29-21)19(15)22/h5-6,14,18,21,25H,2-4,7-13H2,1H3/t18-,21?,22+,23-,24?/m1/s1. The molecule has 2 heterocycles. The van der Waals surface area contributed by atoms with Gasteiger partial charge in [-0.2, -0.15) is 0 Å². The van der Waals surface area contributed by atoms with Crippen LogP contribution in [-0.4, -0.2) is 53.0 Å². The molecule has 29 heavy (non-hydrogen) atoms. The maximum Gasteiger partial charge on any atom is 0.174 e. The average Bonchev–Trinajstić information content (AvgIpc) is 3.43. The van der Waals surface area contributed by atoms with Crippen LogP contribution >= 0.6 is 0 Å². The Morgan fingerprint density at radius 3 is 2.93 bits per heavy atom. The first-order chi connectivity index (χ1) is 14.0. The molecule has 0 aromatic heterocycles. The molecule has 6 nitrogen and oxygen atoms in total. The summed E-state index contributed by atoms with van der Waals surface area (Å²) >= 11 is 0. The number of Topliss-reactive ketones (excluding diaryl/α,β-unsaturated/α-hetero) is 1. The Morgan fingerprint density at radius 1 is 1.34 bits per heavy atom. The van der Waals surface area contributed by atoms with E-state index in [4.69, 9.17) is 9.47 Å². The Kier molecular flexibility index (Phi) is 3.60. The lowest BCUT2D eigenvalue weighted by molar-refractivity contribution is -0.924. The van der Waals surface area contributed by atoms with Crippen LogP contribution in [0.3, 0.4) is 0 Å². The van der Waals surface area contributed by atoms with Crippen LogP contribution in [0.25, 0.3) is 0 Å². The Hall–Kier alpha value is -1.63. The Labute approximate surface area is 171 Å². The zero-order valence-electron chi connectivity index (χ0n) is 17.0. The van der Waals surface area contributed by atoms with E-state index in [0.29, 0.717) is 57.0 Å². The molecule has 1 spiro atoms. The number of phenolic OH excluding ortho intramolecular Hbond substituents is 1. The van der Waals surface area contributed by atoms with Crippen molar-refractivity contribution in [1.29, 1.82) is 0 Å². The number of rotatable bonds is 5. The molecule has 6 rings (SSSR count). The third kappa shape index (κ3) is 2.10. The molecule has 2 aliphatic heterocycles. The van der Waals surface area contributed by atoms with Crippen molar-refractivity contribution in [2.24, 2.45) is 5.92 Å². The molecule has 0 amide bonds. The minimum absolute atomic E-state index is 0.0796. The summed E-state index contributed by atoms with van der Waals surface area (Å²) in [5, 5.41) is 24.8. The molecule has 5 atom stereocenters. The van der Waals surface area contributed by atoms with Crippen LogP contribution in [0.1, 0.15) is 56.6 Å². The van der Waals surface area contributed by atoms with Gasteiger partial charge in [0.2, 0.25) is 0 Å². The molecule has 5 aliphatic rings. The monoisotopic (exact) mass is 399 g/mol. The number of phenols is 1. The van der Waals surface area contributed by atoms with Crippen molar-refractivity contribution in [3.63, 3.8) is 0 Å². The van der Waals surface area contributed by atoms with E-state index in [9.17, 15) is 15.1 Å². The van der Waals surface area contributed by atoms with E-state index in [2.05, 4.69) is 6.92 Å². The molecule has 2 bridgehead atoms. The van der Waals surface area contributed by atoms with Gasteiger partial charge in [-0.3, -0.25) is 4.79 Å². The highest BCUT2D eigenvalue weighted by Gasteiger charge is 2.77. The number of carbonyl (C=O) groups excluding carboxylic acids is 1. The van der Waals surface area contributed by atoms with Crippen molar-refractivity contribution in [2.75, 3.05) is 19.7 Å². The number of piperidine rings is 1. The van der Waals surface area contributed by atoms with Gasteiger partial charge >= 0.3 is 0 Å². The molecule has 0 radical (unpaired) electrons. The van der Waals surface area contributed by atoms with Gasteiger partial charge in [-0.25, -0.2) is 0 Å². The summed E-state index contributed by atoms with van der Waals surface area (Å²) in [4.78, 5) is 13.1. The molecular weight excluding hydrogens is 370 g/mol. The number of likely N-dealkylation sites (tertiary alicyclic amines) is 1. The van der Waals surface area contributed by atoms with Crippen LogP contribution in [0.5, 0.6) is 11.5 Å². The van der Waals surface area contributed by atoms with E-state index in [-0.39, 0.29) is 22.2 Å². The minimum atomic E-state index is -0.692. The van der Waals surface area contributed by atoms with Crippen LogP contribution in [0, 0.1) is 11.1 Å². The molecule has 1 saturated heterocycles. The predicted octanol–water partition coefficient (Wildman–Crippen LogP) is 2.97. The lowest BCUT2D eigenvalue weighted by Crippen LogP contribution is -2.81. The molecule has 1 aromatic carbocycles. The number of benzene rings is 1. The maximum absolute atomic E-state index is 14.3. The smallest absolute Gasteiger partial charge is 0.174 e. The van der Waals surface area contributed by atoms with Crippen molar-refractivity contribution >= 4 is 5.78 Å². The summed E-state index contributed by atoms with van der Waals surface area (Å²) in [7, 11) is 0. The second kappa shape index (κ2) is 5.74. The zero-order valence-corrected chi connectivity index (χ0v) is 17.0. The third-order valence-corrected chi connectivity index (χ3v) is 8.38. The van der Waals surface area contributed by atoms with E-state index in [0.717, 1.165) is 30.4 Å². The number of hydroxylamine groups is 3. The van der Waals surface area contributed by atoms with E-state index in [1.54, 1.807) is 6.07 Å². The number of hydrogen-bond donors (Lipinski definition) is 1.